The molecule has 0 radical (unpaired) electrons. The molecule has 0 atom stereocenters. The molecule has 0 bridgehead atoms. The zero-order chi connectivity index (χ0) is 16.6. The van der Waals surface area contributed by atoms with Gasteiger partial charge in [-0.1, -0.05) is 6.07 Å². The summed E-state index contributed by atoms with van der Waals surface area (Å²) in [5.41, 5.74) is -0.729. The molecule has 23 heavy (non-hydrogen) atoms. The number of alkyl halides is 3. The van der Waals surface area contributed by atoms with Gasteiger partial charge in [-0.25, -0.2) is 0 Å². The summed E-state index contributed by atoms with van der Waals surface area (Å²) in [5, 5.41) is 4.28. The highest BCUT2D eigenvalue weighted by atomic mass is 32.1. The van der Waals surface area contributed by atoms with Crippen LogP contribution in [0.25, 0.3) is 11.0 Å². The minimum absolute atomic E-state index is 0.0398. The smallest absolute Gasteiger partial charge is 0.449 e. The van der Waals surface area contributed by atoms with Crippen molar-refractivity contribution < 1.29 is 22.4 Å². The summed E-state index contributed by atoms with van der Waals surface area (Å²) in [5.74, 6) is -1.72. The molecule has 3 aromatic rings. The van der Waals surface area contributed by atoms with Crippen LogP contribution in [-0.2, 0) is 6.18 Å². The molecule has 0 aliphatic carbocycles. The number of amides is 1. The average Bonchev–Trinajstić information content (AvgIpc) is 3.01. The second-order valence-corrected chi connectivity index (χ2v) is 5.56. The van der Waals surface area contributed by atoms with Crippen molar-refractivity contribution in [3.8, 4) is 0 Å². The van der Waals surface area contributed by atoms with E-state index in [2.05, 4.69) is 5.32 Å². The number of carbonyl (C=O) groups is 1. The molecule has 2 aromatic heterocycles. The predicted molar refractivity (Wildman–Crippen MR) is 79.8 cm³/mol. The van der Waals surface area contributed by atoms with Gasteiger partial charge in [0.2, 0.25) is 5.76 Å². The van der Waals surface area contributed by atoms with Crippen LogP contribution >= 0.6 is 11.3 Å². The van der Waals surface area contributed by atoms with Crippen LogP contribution in [0.3, 0.4) is 0 Å². The summed E-state index contributed by atoms with van der Waals surface area (Å²) in [6.45, 7) is 0. The van der Waals surface area contributed by atoms with Crippen LogP contribution < -0.4 is 10.7 Å². The maximum Gasteiger partial charge on any atom is 0.449 e. The molecule has 0 spiro atoms. The predicted octanol–water partition coefficient (Wildman–Crippen LogP) is 4.13. The SMILES string of the molecule is O=C(Nc1ccc2oc(C(F)(F)F)cc(=O)c2c1)c1cccs1. The first-order chi connectivity index (χ1) is 10.8. The molecule has 0 aliphatic heterocycles. The summed E-state index contributed by atoms with van der Waals surface area (Å²) in [7, 11) is 0. The lowest BCUT2D eigenvalue weighted by Crippen LogP contribution is -2.12. The molecule has 3 rings (SSSR count). The Morgan fingerprint density at radius 1 is 1.17 bits per heavy atom. The third-order valence-corrected chi connectivity index (χ3v) is 3.88. The maximum absolute atomic E-state index is 12.6. The summed E-state index contributed by atoms with van der Waals surface area (Å²) in [6.07, 6.45) is -4.74. The van der Waals surface area contributed by atoms with E-state index in [0.717, 1.165) is 0 Å². The molecule has 0 saturated carbocycles. The van der Waals surface area contributed by atoms with Crippen molar-refractivity contribution in [1.29, 1.82) is 0 Å². The Morgan fingerprint density at radius 2 is 1.96 bits per heavy atom. The Balaban J connectivity index is 1.98. The topological polar surface area (TPSA) is 59.3 Å². The molecule has 118 valence electrons. The molecule has 0 fully saturated rings. The molecule has 1 aromatic carbocycles. The van der Waals surface area contributed by atoms with E-state index in [1.807, 2.05) is 0 Å². The molecule has 0 aliphatic rings. The lowest BCUT2D eigenvalue weighted by molar-refractivity contribution is -0.152. The lowest BCUT2D eigenvalue weighted by Gasteiger charge is -2.08. The second kappa shape index (κ2) is 5.54. The number of benzene rings is 1. The first kappa shape index (κ1) is 15.3. The molecule has 2 heterocycles. The number of thiophene rings is 1. The van der Waals surface area contributed by atoms with E-state index in [9.17, 15) is 22.8 Å². The number of halogens is 3. The van der Waals surface area contributed by atoms with Crippen LogP contribution in [0, 0.1) is 0 Å². The average molecular weight is 339 g/mol. The Morgan fingerprint density at radius 3 is 2.61 bits per heavy atom. The lowest BCUT2D eigenvalue weighted by atomic mass is 10.2. The van der Waals surface area contributed by atoms with E-state index in [0.29, 0.717) is 16.6 Å². The first-order valence-electron chi connectivity index (χ1n) is 6.34. The van der Waals surface area contributed by atoms with Gasteiger partial charge in [0.15, 0.2) is 5.43 Å². The van der Waals surface area contributed by atoms with E-state index >= 15 is 0 Å². The van der Waals surface area contributed by atoms with Crippen molar-refractivity contribution in [3.05, 3.63) is 62.6 Å². The zero-order valence-electron chi connectivity index (χ0n) is 11.3. The minimum Gasteiger partial charge on any atom is -0.451 e. The van der Waals surface area contributed by atoms with Gasteiger partial charge >= 0.3 is 6.18 Å². The highest BCUT2D eigenvalue weighted by Gasteiger charge is 2.34. The van der Waals surface area contributed by atoms with E-state index < -0.39 is 17.4 Å². The standard InChI is InChI=1S/C15H8F3NO3S/c16-15(17,18)13-7-10(20)9-6-8(3-4-11(9)22-13)19-14(21)12-2-1-5-23-12/h1-7H,(H,19,21). The summed E-state index contributed by atoms with van der Waals surface area (Å²) in [4.78, 5) is 24.2. The monoisotopic (exact) mass is 339 g/mol. The van der Waals surface area contributed by atoms with Gasteiger partial charge in [-0.15, -0.1) is 11.3 Å². The highest BCUT2D eigenvalue weighted by Crippen LogP contribution is 2.30. The molecule has 1 N–H and O–H groups in total. The third kappa shape index (κ3) is 3.11. The van der Waals surface area contributed by atoms with Gasteiger partial charge in [-0.2, -0.15) is 13.2 Å². The van der Waals surface area contributed by atoms with Crippen LogP contribution in [-0.4, -0.2) is 5.91 Å². The van der Waals surface area contributed by atoms with Gasteiger partial charge in [-0.3, -0.25) is 9.59 Å². The molecule has 0 saturated heterocycles. The van der Waals surface area contributed by atoms with Crippen LogP contribution in [0.5, 0.6) is 0 Å². The maximum atomic E-state index is 12.6. The molecular weight excluding hydrogens is 331 g/mol. The fourth-order valence-corrected chi connectivity index (χ4v) is 2.59. The van der Waals surface area contributed by atoms with E-state index in [1.165, 1.54) is 29.5 Å². The van der Waals surface area contributed by atoms with Gasteiger partial charge in [-0.05, 0) is 29.6 Å². The van der Waals surface area contributed by atoms with Gasteiger partial charge in [0.05, 0.1) is 10.3 Å². The van der Waals surface area contributed by atoms with Crippen molar-refractivity contribution >= 4 is 33.9 Å². The van der Waals surface area contributed by atoms with Gasteiger partial charge in [0, 0.05) is 11.8 Å². The fourth-order valence-electron chi connectivity index (χ4n) is 1.97. The van der Waals surface area contributed by atoms with Gasteiger partial charge < -0.3 is 9.73 Å². The number of anilines is 1. The van der Waals surface area contributed by atoms with Gasteiger partial charge in [0.25, 0.3) is 5.91 Å². The zero-order valence-corrected chi connectivity index (χ0v) is 12.1. The quantitative estimate of drug-likeness (QED) is 0.764. The highest BCUT2D eigenvalue weighted by molar-refractivity contribution is 7.12. The summed E-state index contributed by atoms with van der Waals surface area (Å²) < 4.78 is 42.6. The summed E-state index contributed by atoms with van der Waals surface area (Å²) in [6, 6.07) is 7.62. The Labute approximate surface area is 131 Å². The Kier molecular flexibility index (Phi) is 3.69. The minimum atomic E-state index is -4.74. The van der Waals surface area contributed by atoms with E-state index in [1.54, 1.807) is 17.5 Å². The molecule has 4 nitrogen and oxygen atoms in total. The second-order valence-electron chi connectivity index (χ2n) is 4.62. The number of carbonyl (C=O) groups excluding carboxylic acids is 1. The normalized spacial score (nSPS) is 11.6. The molecule has 1 amide bonds. The molecule has 0 unspecified atom stereocenters. The van der Waals surface area contributed by atoms with Crippen molar-refractivity contribution in [2.45, 2.75) is 6.18 Å². The van der Waals surface area contributed by atoms with Gasteiger partial charge in [0.1, 0.15) is 5.58 Å². The molecular formula is C15H8F3NO3S. The fraction of sp³-hybridized carbons (Fsp3) is 0.0667. The van der Waals surface area contributed by atoms with Crippen molar-refractivity contribution in [2.24, 2.45) is 0 Å². The summed E-state index contributed by atoms with van der Waals surface area (Å²) >= 11 is 1.24. The van der Waals surface area contributed by atoms with Crippen LogP contribution in [0.4, 0.5) is 18.9 Å². The number of hydrogen-bond donors (Lipinski definition) is 1. The van der Waals surface area contributed by atoms with Crippen LogP contribution in [0.2, 0.25) is 0 Å². The van der Waals surface area contributed by atoms with Crippen LogP contribution in [0.15, 0.2) is 51.0 Å². The largest absolute Gasteiger partial charge is 0.451 e. The number of rotatable bonds is 2. The molecule has 8 heteroatoms. The Hall–Kier alpha value is -2.61. The Bertz CT molecular complexity index is 929. The third-order valence-electron chi connectivity index (χ3n) is 3.01. The van der Waals surface area contributed by atoms with Crippen molar-refractivity contribution in [1.82, 2.24) is 0 Å². The van der Waals surface area contributed by atoms with E-state index in [-0.39, 0.29) is 16.9 Å². The van der Waals surface area contributed by atoms with Crippen molar-refractivity contribution in [3.63, 3.8) is 0 Å². The number of hydrogen-bond acceptors (Lipinski definition) is 4. The van der Waals surface area contributed by atoms with Crippen LogP contribution in [0.1, 0.15) is 15.4 Å². The number of fused-ring (bicyclic) bond motifs is 1. The first-order valence-corrected chi connectivity index (χ1v) is 7.22. The van der Waals surface area contributed by atoms with E-state index in [4.69, 9.17) is 4.42 Å². The van der Waals surface area contributed by atoms with Crippen molar-refractivity contribution in [2.75, 3.05) is 5.32 Å². The number of nitrogens with one attached hydrogen (secondary N) is 1.